The molecule has 156 valence electrons. The first-order valence-corrected chi connectivity index (χ1v) is 10.2. The quantitative estimate of drug-likeness (QED) is 0.692. The molecule has 1 atom stereocenters. The summed E-state index contributed by atoms with van der Waals surface area (Å²) in [6.45, 7) is 3.83. The van der Waals surface area contributed by atoms with Crippen molar-refractivity contribution in [3.8, 4) is 5.75 Å². The zero-order valence-corrected chi connectivity index (χ0v) is 17.8. The largest absolute Gasteiger partial charge is 0.497 e. The van der Waals surface area contributed by atoms with E-state index in [2.05, 4.69) is 15.5 Å². The molecule has 2 aromatic rings. The highest BCUT2D eigenvalue weighted by Gasteiger charge is 2.21. The Labute approximate surface area is 181 Å². The highest BCUT2D eigenvalue weighted by Crippen LogP contribution is 2.23. The zero-order valence-electron chi connectivity index (χ0n) is 16.3. The summed E-state index contributed by atoms with van der Waals surface area (Å²) in [6.07, 6.45) is -0.0610. The van der Waals surface area contributed by atoms with Gasteiger partial charge in [0, 0.05) is 32.7 Å². The summed E-state index contributed by atoms with van der Waals surface area (Å²) in [4.78, 5) is 14.4. The Balaban J connectivity index is 1.41. The highest BCUT2D eigenvalue weighted by molar-refractivity contribution is 6.42. The normalized spacial score (nSPS) is 17.0. The molecule has 3 rings (SSSR count). The second kappa shape index (κ2) is 10.7. The van der Waals surface area contributed by atoms with Gasteiger partial charge in [-0.05, 0) is 35.4 Å². The molecule has 0 aromatic heterocycles. The van der Waals surface area contributed by atoms with Crippen molar-refractivity contribution >= 4 is 29.2 Å². The van der Waals surface area contributed by atoms with Crippen LogP contribution < -0.4 is 15.4 Å². The number of carbonyl (C=O) groups excluding carboxylic acids is 1. The van der Waals surface area contributed by atoms with Crippen molar-refractivity contribution in [2.75, 3.05) is 33.4 Å². The lowest BCUT2D eigenvalue weighted by atomic mass is 10.2. The molecular weight excluding hydrogens is 413 g/mol. The molecule has 1 aliphatic rings. The summed E-state index contributed by atoms with van der Waals surface area (Å²) >= 11 is 12.1. The molecular formula is C21H25Cl2N3O3. The maximum atomic E-state index is 12.1. The molecule has 0 aliphatic carbocycles. The van der Waals surface area contributed by atoms with E-state index in [1.165, 1.54) is 0 Å². The SMILES string of the molecule is COc1cccc(CNC(=O)NCC2CN(Cc3ccc(Cl)c(Cl)c3)CCO2)c1. The molecule has 1 aliphatic heterocycles. The zero-order chi connectivity index (χ0) is 20.6. The van der Waals surface area contributed by atoms with E-state index < -0.39 is 0 Å². The standard InChI is InChI=1S/C21H25Cl2N3O3/c1-28-17-4-2-3-15(9-17)11-24-21(27)25-12-18-14-26(7-8-29-18)13-16-5-6-19(22)20(23)10-16/h2-6,9-10,18H,7-8,11-14H2,1H3,(H2,24,25,27). The van der Waals surface area contributed by atoms with Gasteiger partial charge in [0.25, 0.3) is 0 Å². The summed E-state index contributed by atoms with van der Waals surface area (Å²) < 4.78 is 11.0. The van der Waals surface area contributed by atoms with Crippen LogP contribution in [0.2, 0.25) is 10.0 Å². The van der Waals surface area contributed by atoms with Gasteiger partial charge in [-0.3, -0.25) is 4.90 Å². The van der Waals surface area contributed by atoms with Crippen LogP contribution in [0, 0.1) is 0 Å². The van der Waals surface area contributed by atoms with Gasteiger partial charge in [-0.1, -0.05) is 41.4 Å². The molecule has 1 heterocycles. The third-order valence-electron chi connectivity index (χ3n) is 4.69. The molecule has 1 fully saturated rings. The molecule has 29 heavy (non-hydrogen) atoms. The van der Waals surface area contributed by atoms with Crippen LogP contribution >= 0.6 is 23.2 Å². The number of rotatable bonds is 7. The van der Waals surface area contributed by atoms with Crippen molar-refractivity contribution in [1.82, 2.24) is 15.5 Å². The highest BCUT2D eigenvalue weighted by atomic mass is 35.5. The third kappa shape index (κ3) is 6.78. The number of urea groups is 1. The van der Waals surface area contributed by atoms with E-state index >= 15 is 0 Å². The molecule has 2 amide bonds. The molecule has 0 saturated carbocycles. The van der Waals surface area contributed by atoms with Crippen molar-refractivity contribution in [3.63, 3.8) is 0 Å². The van der Waals surface area contributed by atoms with Crippen LogP contribution in [0.5, 0.6) is 5.75 Å². The summed E-state index contributed by atoms with van der Waals surface area (Å²) in [6, 6.07) is 13.0. The van der Waals surface area contributed by atoms with Gasteiger partial charge >= 0.3 is 6.03 Å². The van der Waals surface area contributed by atoms with Gasteiger partial charge < -0.3 is 20.1 Å². The first kappa shape index (κ1) is 21.7. The van der Waals surface area contributed by atoms with E-state index in [1.54, 1.807) is 7.11 Å². The van der Waals surface area contributed by atoms with E-state index in [1.807, 2.05) is 42.5 Å². The number of hydrogen-bond acceptors (Lipinski definition) is 4. The second-order valence-corrected chi connectivity index (χ2v) is 7.71. The smallest absolute Gasteiger partial charge is 0.315 e. The number of nitrogens with zero attached hydrogens (tertiary/aromatic N) is 1. The number of morpholine rings is 1. The first-order valence-electron chi connectivity index (χ1n) is 9.46. The van der Waals surface area contributed by atoms with Crippen LogP contribution in [0.1, 0.15) is 11.1 Å². The van der Waals surface area contributed by atoms with Crippen molar-refractivity contribution in [2.45, 2.75) is 19.2 Å². The average molecular weight is 438 g/mol. The Morgan fingerprint density at radius 1 is 1.17 bits per heavy atom. The van der Waals surface area contributed by atoms with Crippen LogP contribution in [-0.4, -0.2) is 50.4 Å². The molecule has 2 N–H and O–H groups in total. The monoisotopic (exact) mass is 437 g/mol. The number of ether oxygens (including phenoxy) is 2. The summed E-state index contributed by atoms with van der Waals surface area (Å²) in [5, 5.41) is 6.84. The van der Waals surface area contributed by atoms with Gasteiger partial charge in [0.1, 0.15) is 5.75 Å². The molecule has 1 unspecified atom stereocenters. The lowest BCUT2D eigenvalue weighted by Crippen LogP contribution is -2.48. The maximum absolute atomic E-state index is 12.1. The number of benzene rings is 2. The first-order chi connectivity index (χ1) is 14.0. The fourth-order valence-electron chi connectivity index (χ4n) is 3.18. The molecule has 6 nitrogen and oxygen atoms in total. The van der Waals surface area contributed by atoms with Crippen molar-refractivity contribution in [3.05, 3.63) is 63.6 Å². The van der Waals surface area contributed by atoms with E-state index in [0.29, 0.717) is 29.7 Å². The summed E-state index contributed by atoms with van der Waals surface area (Å²) in [7, 11) is 1.62. The van der Waals surface area contributed by atoms with Crippen LogP contribution in [0.15, 0.2) is 42.5 Å². The number of amides is 2. The predicted molar refractivity (Wildman–Crippen MR) is 115 cm³/mol. The van der Waals surface area contributed by atoms with E-state index in [0.717, 1.165) is 36.5 Å². The fourth-order valence-corrected chi connectivity index (χ4v) is 3.50. The maximum Gasteiger partial charge on any atom is 0.315 e. The Morgan fingerprint density at radius 3 is 2.83 bits per heavy atom. The lowest BCUT2D eigenvalue weighted by Gasteiger charge is -2.33. The number of hydrogen-bond donors (Lipinski definition) is 2. The van der Waals surface area contributed by atoms with Crippen molar-refractivity contribution < 1.29 is 14.3 Å². The van der Waals surface area contributed by atoms with Crippen molar-refractivity contribution in [2.24, 2.45) is 0 Å². The minimum absolute atomic E-state index is 0.0610. The molecule has 0 spiro atoms. The Morgan fingerprint density at radius 2 is 2.03 bits per heavy atom. The summed E-state index contributed by atoms with van der Waals surface area (Å²) in [5.41, 5.74) is 2.07. The molecule has 0 radical (unpaired) electrons. The minimum atomic E-state index is -0.224. The summed E-state index contributed by atoms with van der Waals surface area (Å²) in [5.74, 6) is 0.766. The molecule has 1 saturated heterocycles. The topological polar surface area (TPSA) is 62.8 Å². The fraction of sp³-hybridized carbons (Fsp3) is 0.381. The van der Waals surface area contributed by atoms with Crippen LogP contribution in [0.25, 0.3) is 0 Å². The van der Waals surface area contributed by atoms with Gasteiger partial charge in [-0.2, -0.15) is 0 Å². The number of halogens is 2. The second-order valence-electron chi connectivity index (χ2n) is 6.89. The Bertz CT molecular complexity index is 835. The lowest BCUT2D eigenvalue weighted by molar-refractivity contribution is -0.0287. The minimum Gasteiger partial charge on any atom is -0.497 e. The van der Waals surface area contributed by atoms with Crippen LogP contribution in [0.3, 0.4) is 0 Å². The number of methoxy groups -OCH3 is 1. The van der Waals surface area contributed by atoms with Gasteiger partial charge in [0.15, 0.2) is 0 Å². The van der Waals surface area contributed by atoms with E-state index in [4.69, 9.17) is 32.7 Å². The molecule has 0 bridgehead atoms. The van der Waals surface area contributed by atoms with Crippen LogP contribution in [-0.2, 0) is 17.8 Å². The Kier molecular flexibility index (Phi) is 8.00. The third-order valence-corrected chi connectivity index (χ3v) is 5.43. The molecule has 2 aromatic carbocycles. The van der Waals surface area contributed by atoms with Gasteiger partial charge in [-0.25, -0.2) is 4.79 Å². The van der Waals surface area contributed by atoms with Crippen LogP contribution in [0.4, 0.5) is 4.79 Å². The van der Waals surface area contributed by atoms with E-state index in [-0.39, 0.29) is 12.1 Å². The number of nitrogens with one attached hydrogen (secondary N) is 2. The predicted octanol–water partition coefficient (Wildman–Crippen LogP) is 3.70. The Hall–Kier alpha value is -1.99. The van der Waals surface area contributed by atoms with Gasteiger partial charge in [-0.15, -0.1) is 0 Å². The van der Waals surface area contributed by atoms with E-state index in [9.17, 15) is 4.79 Å². The molecule has 8 heteroatoms. The number of carbonyl (C=O) groups is 1. The van der Waals surface area contributed by atoms with Crippen molar-refractivity contribution in [1.29, 1.82) is 0 Å². The van der Waals surface area contributed by atoms with Gasteiger partial charge in [0.05, 0.1) is 29.9 Å². The average Bonchev–Trinajstić information content (AvgIpc) is 2.74. The van der Waals surface area contributed by atoms with Gasteiger partial charge in [0.2, 0.25) is 0 Å².